The van der Waals surface area contributed by atoms with Gasteiger partial charge in [-0.05, 0) is 81.4 Å². The van der Waals surface area contributed by atoms with Crippen LogP contribution >= 0.6 is 23.2 Å². The van der Waals surface area contributed by atoms with Crippen LogP contribution in [0.15, 0.2) is 65.6 Å². The number of hydrogen-bond acceptors (Lipinski definition) is 9. The summed E-state index contributed by atoms with van der Waals surface area (Å²) in [5, 5.41) is 6.03. The van der Waals surface area contributed by atoms with Gasteiger partial charge in [-0.15, -0.1) is 0 Å². The average molecular weight is 755 g/mol. The Bertz CT molecular complexity index is 1940. The molecule has 3 aromatic carbocycles. The van der Waals surface area contributed by atoms with Gasteiger partial charge in [0.2, 0.25) is 20.0 Å². The van der Waals surface area contributed by atoms with Crippen LogP contribution in [0.2, 0.25) is 10.0 Å². The van der Waals surface area contributed by atoms with Crippen molar-refractivity contribution in [3.63, 3.8) is 0 Å². The number of carbonyl (C=O) groups excluding carboxylic acids is 3. The molecule has 0 unspecified atom stereocenters. The van der Waals surface area contributed by atoms with Crippen molar-refractivity contribution in [3.05, 3.63) is 81.8 Å². The predicted molar refractivity (Wildman–Crippen MR) is 190 cm³/mol. The standard InChI is InChI=1S/C32H37Cl2N5O8S2/c1-32(2,3)47-29(40)20-35-30(41)21-6-11-28(37(4)48(5,43)44)27(16-21)31(42)36-24-7-9-26(10-8-24)49(45,46)39-14-12-38(13-15-39)25-18-22(33)17-23(34)19-25/h6-11,16-19H,12-15,20H2,1-5H3,(H,35,41)(H,36,42). The van der Waals surface area contributed by atoms with Crippen LogP contribution in [0.25, 0.3) is 0 Å². The van der Waals surface area contributed by atoms with E-state index in [1.165, 1.54) is 53.8 Å². The van der Waals surface area contributed by atoms with E-state index in [1.807, 2.05) is 4.90 Å². The van der Waals surface area contributed by atoms with Crippen LogP contribution in [-0.2, 0) is 29.6 Å². The molecule has 0 radical (unpaired) electrons. The number of rotatable bonds is 10. The minimum Gasteiger partial charge on any atom is -0.459 e. The van der Waals surface area contributed by atoms with Crippen LogP contribution in [0.3, 0.4) is 0 Å². The normalized spacial score (nSPS) is 14.2. The highest BCUT2D eigenvalue weighted by Crippen LogP contribution is 2.28. The molecule has 1 aliphatic heterocycles. The topological polar surface area (TPSA) is 162 Å². The zero-order chi connectivity index (χ0) is 36.3. The molecule has 1 heterocycles. The maximum absolute atomic E-state index is 13.5. The monoisotopic (exact) mass is 753 g/mol. The molecule has 49 heavy (non-hydrogen) atoms. The van der Waals surface area contributed by atoms with Crippen molar-refractivity contribution in [1.29, 1.82) is 0 Å². The number of piperazine rings is 1. The van der Waals surface area contributed by atoms with Gasteiger partial charge in [-0.2, -0.15) is 4.31 Å². The highest BCUT2D eigenvalue weighted by atomic mass is 35.5. The maximum Gasteiger partial charge on any atom is 0.325 e. The van der Waals surface area contributed by atoms with Crippen molar-refractivity contribution in [3.8, 4) is 0 Å². The summed E-state index contributed by atoms with van der Waals surface area (Å²) >= 11 is 12.3. The number of hydrogen-bond donors (Lipinski definition) is 2. The molecule has 0 spiro atoms. The van der Waals surface area contributed by atoms with Crippen molar-refractivity contribution < 1.29 is 36.0 Å². The molecular formula is C32H37Cl2N5O8S2. The van der Waals surface area contributed by atoms with Crippen LogP contribution in [-0.4, -0.2) is 90.6 Å². The molecular weight excluding hydrogens is 717 g/mol. The van der Waals surface area contributed by atoms with Gasteiger partial charge in [0.05, 0.1) is 22.4 Å². The fourth-order valence-corrected chi connectivity index (χ4v) is 7.36. The van der Waals surface area contributed by atoms with Crippen molar-refractivity contribution in [1.82, 2.24) is 9.62 Å². The minimum absolute atomic E-state index is 0.0120. The fraction of sp³-hybridized carbons (Fsp3) is 0.344. The fourth-order valence-electron chi connectivity index (χ4n) is 4.91. The second-order valence-electron chi connectivity index (χ2n) is 12.2. The lowest BCUT2D eigenvalue weighted by Crippen LogP contribution is -2.48. The molecule has 0 atom stereocenters. The summed E-state index contributed by atoms with van der Waals surface area (Å²) < 4.78 is 59.0. The van der Waals surface area contributed by atoms with E-state index in [1.54, 1.807) is 39.0 Å². The first-order chi connectivity index (χ1) is 22.7. The second kappa shape index (κ2) is 14.9. The number of nitrogens with zero attached hydrogens (tertiary/aromatic N) is 3. The maximum atomic E-state index is 13.5. The van der Waals surface area contributed by atoms with E-state index >= 15 is 0 Å². The first-order valence-corrected chi connectivity index (χ1v) is 19.0. The lowest BCUT2D eigenvalue weighted by atomic mass is 10.1. The smallest absolute Gasteiger partial charge is 0.325 e. The molecule has 1 fully saturated rings. The van der Waals surface area contributed by atoms with Gasteiger partial charge in [0.25, 0.3) is 11.8 Å². The van der Waals surface area contributed by atoms with Gasteiger partial charge in [0.15, 0.2) is 0 Å². The molecule has 1 aliphatic rings. The van der Waals surface area contributed by atoms with Crippen LogP contribution in [0.4, 0.5) is 17.1 Å². The van der Waals surface area contributed by atoms with Crippen LogP contribution in [0.1, 0.15) is 41.5 Å². The van der Waals surface area contributed by atoms with Crippen molar-refractivity contribution >= 4 is 78.1 Å². The quantitative estimate of drug-likeness (QED) is 0.289. The zero-order valence-corrected chi connectivity index (χ0v) is 30.6. The van der Waals surface area contributed by atoms with E-state index in [0.717, 1.165) is 16.2 Å². The van der Waals surface area contributed by atoms with Crippen LogP contribution in [0.5, 0.6) is 0 Å². The summed E-state index contributed by atoms with van der Waals surface area (Å²) in [5.41, 5.74) is 0.0815. The van der Waals surface area contributed by atoms with Gasteiger partial charge in [-0.25, -0.2) is 16.8 Å². The van der Waals surface area contributed by atoms with E-state index in [0.29, 0.717) is 23.1 Å². The molecule has 2 N–H and O–H groups in total. The predicted octanol–water partition coefficient (Wildman–Crippen LogP) is 4.22. The number of halogens is 2. The Hall–Kier alpha value is -3.89. The summed E-state index contributed by atoms with van der Waals surface area (Å²) in [6.45, 7) is 5.92. The van der Waals surface area contributed by atoms with Crippen molar-refractivity contribution in [2.45, 2.75) is 31.3 Å². The minimum atomic E-state index is -3.86. The third-order valence-electron chi connectivity index (χ3n) is 7.35. The number of benzene rings is 3. The molecule has 3 aromatic rings. The van der Waals surface area contributed by atoms with Crippen molar-refractivity contribution in [2.75, 3.05) is 60.5 Å². The Morgan fingerprint density at radius 1 is 0.857 bits per heavy atom. The first kappa shape index (κ1) is 37.9. The molecule has 17 heteroatoms. The molecule has 1 saturated heterocycles. The number of amides is 2. The summed E-state index contributed by atoms with van der Waals surface area (Å²) in [4.78, 5) is 40.4. The molecule has 0 aromatic heterocycles. The Morgan fingerprint density at radius 2 is 1.45 bits per heavy atom. The Kier molecular flexibility index (Phi) is 11.6. The van der Waals surface area contributed by atoms with Gasteiger partial charge in [0.1, 0.15) is 12.1 Å². The van der Waals surface area contributed by atoms with E-state index in [9.17, 15) is 31.2 Å². The SMILES string of the molecule is CN(c1ccc(C(=O)NCC(=O)OC(C)(C)C)cc1C(=O)Nc1ccc(S(=O)(=O)N2CCN(c3cc(Cl)cc(Cl)c3)CC2)cc1)S(C)(=O)=O. The van der Waals surface area contributed by atoms with Gasteiger partial charge in [-0.1, -0.05) is 23.2 Å². The number of esters is 1. The van der Waals surface area contributed by atoms with Gasteiger partial charge >= 0.3 is 5.97 Å². The molecule has 2 amide bonds. The van der Waals surface area contributed by atoms with Gasteiger partial charge in [-0.3, -0.25) is 18.7 Å². The second-order valence-corrected chi connectivity index (χ2v) is 17.1. The molecule has 4 rings (SSSR count). The Balaban J connectivity index is 1.48. The number of ether oxygens (including phenoxy) is 1. The number of sulfonamides is 2. The lowest BCUT2D eigenvalue weighted by molar-refractivity contribution is -0.153. The largest absolute Gasteiger partial charge is 0.459 e. The van der Waals surface area contributed by atoms with Gasteiger partial charge < -0.3 is 20.3 Å². The summed E-state index contributed by atoms with van der Waals surface area (Å²) in [5.74, 6) is -2.12. The zero-order valence-electron chi connectivity index (χ0n) is 27.5. The highest BCUT2D eigenvalue weighted by Gasteiger charge is 2.29. The van der Waals surface area contributed by atoms with E-state index < -0.39 is 50.0 Å². The van der Waals surface area contributed by atoms with E-state index in [4.69, 9.17) is 27.9 Å². The van der Waals surface area contributed by atoms with E-state index in [2.05, 4.69) is 10.6 Å². The molecule has 13 nitrogen and oxygen atoms in total. The summed E-state index contributed by atoms with van der Waals surface area (Å²) in [6.07, 6.45) is 0.960. The van der Waals surface area contributed by atoms with Crippen LogP contribution < -0.4 is 19.8 Å². The van der Waals surface area contributed by atoms with Crippen molar-refractivity contribution in [2.24, 2.45) is 0 Å². The molecule has 0 bridgehead atoms. The number of anilines is 3. The third kappa shape index (κ3) is 9.85. The first-order valence-electron chi connectivity index (χ1n) is 15.0. The summed E-state index contributed by atoms with van der Waals surface area (Å²) in [7, 11) is -6.41. The summed E-state index contributed by atoms with van der Waals surface area (Å²) in [6, 6.07) is 14.5. The van der Waals surface area contributed by atoms with Gasteiger partial charge in [0, 0.05) is 60.2 Å². The molecule has 0 saturated carbocycles. The highest BCUT2D eigenvalue weighted by molar-refractivity contribution is 7.92. The number of nitrogens with one attached hydrogen (secondary N) is 2. The molecule has 264 valence electrons. The van der Waals surface area contributed by atoms with Crippen LogP contribution in [0, 0.1) is 0 Å². The Morgan fingerprint density at radius 3 is 2.00 bits per heavy atom. The Labute approximate surface area is 296 Å². The molecule has 0 aliphatic carbocycles. The number of carbonyl (C=O) groups is 3. The average Bonchev–Trinajstić information content (AvgIpc) is 3.01. The lowest BCUT2D eigenvalue weighted by Gasteiger charge is -2.35. The van der Waals surface area contributed by atoms with E-state index in [-0.39, 0.29) is 40.5 Å². The third-order valence-corrected chi connectivity index (χ3v) is 10.9.